The summed E-state index contributed by atoms with van der Waals surface area (Å²) < 4.78 is 5.18. The van der Waals surface area contributed by atoms with Crippen LogP contribution in [0.5, 0.6) is 0 Å². The summed E-state index contributed by atoms with van der Waals surface area (Å²) in [7, 11) is 3.92. The van der Waals surface area contributed by atoms with Gasteiger partial charge in [-0.2, -0.15) is 5.10 Å². The third-order valence-electron chi connectivity index (χ3n) is 4.50. The minimum atomic E-state index is -0.362. The first-order chi connectivity index (χ1) is 13.1. The first kappa shape index (κ1) is 19.6. The van der Waals surface area contributed by atoms with Crippen LogP contribution in [0.3, 0.4) is 0 Å². The van der Waals surface area contributed by atoms with Crippen molar-refractivity contribution in [2.24, 2.45) is 4.99 Å². The van der Waals surface area contributed by atoms with E-state index in [9.17, 15) is 5.11 Å². The largest absolute Gasteiger partial charge is 0.845 e. The fourth-order valence-electron chi connectivity index (χ4n) is 2.69. The van der Waals surface area contributed by atoms with Gasteiger partial charge in [0.15, 0.2) is 5.82 Å². The SMILES string of the molecule is Cc1ccc(-n2nc(C(C)(C)C)cc2/N=C(\[O-])n2ccc(=[N+](C)C)cc2)cc1. The molecular weight excluding hydrogens is 350 g/mol. The number of pyridine rings is 1. The van der Waals surface area contributed by atoms with E-state index in [2.05, 4.69) is 25.8 Å². The summed E-state index contributed by atoms with van der Waals surface area (Å²) in [6, 6.07) is 13.3. The lowest BCUT2D eigenvalue weighted by Gasteiger charge is -2.14. The lowest BCUT2D eigenvalue weighted by atomic mass is 9.92. The predicted octanol–water partition coefficient (Wildman–Crippen LogP) is 2.21. The van der Waals surface area contributed by atoms with Crippen molar-refractivity contribution in [2.75, 3.05) is 14.1 Å². The van der Waals surface area contributed by atoms with Gasteiger partial charge in [0.25, 0.3) is 0 Å². The van der Waals surface area contributed by atoms with Crippen LogP contribution < -0.4 is 15.0 Å². The van der Waals surface area contributed by atoms with Crippen molar-refractivity contribution in [3.05, 3.63) is 71.5 Å². The van der Waals surface area contributed by atoms with Crippen LogP contribution in [-0.4, -0.2) is 34.5 Å². The van der Waals surface area contributed by atoms with Gasteiger partial charge in [0.2, 0.25) is 5.36 Å². The van der Waals surface area contributed by atoms with Gasteiger partial charge >= 0.3 is 0 Å². The highest BCUT2D eigenvalue weighted by Gasteiger charge is 2.20. The van der Waals surface area contributed by atoms with Gasteiger partial charge in [0.05, 0.1) is 17.4 Å². The van der Waals surface area contributed by atoms with Gasteiger partial charge in [-0.15, -0.1) is 0 Å². The smallest absolute Gasteiger partial charge is 0.202 e. The van der Waals surface area contributed by atoms with Gasteiger partial charge in [-0.3, -0.25) is 0 Å². The van der Waals surface area contributed by atoms with E-state index in [0.29, 0.717) is 5.82 Å². The fourth-order valence-corrected chi connectivity index (χ4v) is 2.69. The number of aliphatic imine (C=N–C) groups is 1. The number of nitrogens with zero attached hydrogens (tertiary/aromatic N) is 5. The van der Waals surface area contributed by atoms with Crippen molar-refractivity contribution in [2.45, 2.75) is 33.1 Å². The molecule has 3 rings (SSSR count). The Kier molecular flexibility index (Phi) is 5.23. The molecule has 0 aliphatic rings. The zero-order valence-corrected chi connectivity index (χ0v) is 17.3. The van der Waals surface area contributed by atoms with E-state index >= 15 is 0 Å². The third-order valence-corrected chi connectivity index (χ3v) is 4.50. The molecule has 0 N–H and O–H groups in total. The normalized spacial score (nSPS) is 12.3. The Balaban J connectivity index is 2.09. The summed E-state index contributed by atoms with van der Waals surface area (Å²) in [5.41, 5.74) is 2.77. The van der Waals surface area contributed by atoms with Crippen LogP contribution in [0.15, 0.2) is 59.9 Å². The summed E-state index contributed by atoms with van der Waals surface area (Å²) in [5.74, 6) is 0.517. The Hall–Kier alpha value is -3.15. The van der Waals surface area contributed by atoms with Crippen molar-refractivity contribution in [3.63, 3.8) is 0 Å². The van der Waals surface area contributed by atoms with Gasteiger partial charge in [-0.05, 0) is 19.1 Å². The Morgan fingerprint density at radius 3 is 2.18 bits per heavy atom. The van der Waals surface area contributed by atoms with Crippen molar-refractivity contribution in [1.82, 2.24) is 18.9 Å². The summed E-state index contributed by atoms with van der Waals surface area (Å²) in [6.07, 6.45) is 3.44. The molecule has 0 radical (unpaired) electrons. The number of rotatable bonds is 2. The quantitative estimate of drug-likeness (QED) is 0.391. The second-order valence-electron chi connectivity index (χ2n) is 8.14. The molecule has 0 spiro atoms. The van der Waals surface area contributed by atoms with E-state index in [1.807, 2.05) is 68.1 Å². The molecule has 28 heavy (non-hydrogen) atoms. The lowest BCUT2D eigenvalue weighted by molar-refractivity contribution is -0.221. The van der Waals surface area contributed by atoms with Crippen molar-refractivity contribution in [1.29, 1.82) is 0 Å². The molecule has 6 nitrogen and oxygen atoms in total. The highest BCUT2D eigenvalue weighted by molar-refractivity contribution is 5.75. The molecule has 0 atom stereocenters. The minimum absolute atomic E-state index is 0.149. The number of aryl methyl sites for hydroxylation is 1. The molecule has 0 unspecified atom stereocenters. The first-order valence-electron chi connectivity index (χ1n) is 9.27. The maximum atomic E-state index is 12.7. The van der Waals surface area contributed by atoms with Crippen LogP contribution in [-0.2, 0) is 5.41 Å². The predicted molar refractivity (Wildman–Crippen MR) is 111 cm³/mol. The third kappa shape index (κ3) is 4.22. The molecular formula is C22H27N5O. The molecule has 3 aromatic rings. The van der Waals surface area contributed by atoms with Crippen molar-refractivity contribution < 1.29 is 5.11 Å². The van der Waals surface area contributed by atoms with Crippen LogP contribution in [0.2, 0.25) is 0 Å². The van der Waals surface area contributed by atoms with Crippen LogP contribution >= 0.6 is 0 Å². The molecule has 0 aliphatic heterocycles. The fraction of sp³-hybridized carbons (Fsp3) is 0.318. The van der Waals surface area contributed by atoms with E-state index in [1.165, 1.54) is 4.57 Å². The van der Waals surface area contributed by atoms with E-state index in [0.717, 1.165) is 22.3 Å². The molecule has 2 aromatic heterocycles. The van der Waals surface area contributed by atoms with Crippen LogP contribution in [0.4, 0.5) is 5.82 Å². The Morgan fingerprint density at radius 2 is 1.64 bits per heavy atom. The van der Waals surface area contributed by atoms with E-state index < -0.39 is 0 Å². The molecule has 6 heteroatoms. The van der Waals surface area contributed by atoms with Crippen molar-refractivity contribution in [3.8, 4) is 5.69 Å². The highest BCUT2D eigenvalue weighted by Crippen LogP contribution is 2.28. The molecule has 0 bridgehead atoms. The van der Waals surface area contributed by atoms with E-state index in [4.69, 9.17) is 5.10 Å². The maximum Gasteiger partial charge on any atom is 0.202 e. The van der Waals surface area contributed by atoms with E-state index in [1.54, 1.807) is 17.1 Å². The monoisotopic (exact) mass is 377 g/mol. The lowest BCUT2D eigenvalue weighted by Crippen LogP contribution is -2.29. The maximum absolute atomic E-state index is 12.7. The summed E-state index contributed by atoms with van der Waals surface area (Å²) in [6.45, 7) is 8.32. The number of hydrogen-bond acceptors (Lipinski definition) is 3. The van der Waals surface area contributed by atoms with Gasteiger partial charge < -0.3 is 9.67 Å². The Morgan fingerprint density at radius 1 is 1.04 bits per heavy atom. The van der Waals surface area contributed by atoms with Crippen LogP contribution in [0.25, 0.3) is 5.69 Å². The summed E-state index contributed by atoms with van der Waals surface area (Å²) >= 11 is 0. The highest BCUT2D eigenvalue weighted by atomic mass is 16.3. The molecule has 146 valence electrons. The molecule has 0 fully saturated rings. The standard InChI is InChI=1S/C22H27N5O/c1-16-7-9-18(10-8-16)27-20(15-19(24-27)22(2,3)4)23-21(28)26-13-11-17(12-14-26)25(5)6/h7-15H,1-6H3. The Bertz CT molecular complexity index is 1050. The van der Waals surface area contributed by atoms with Crippen LogP contribution in [0.1, 0.15) is 32.0 Å². The molecule has 0 saturated carbocycles. The summed E-state index contributed by atoms with van der Waals surface area (Å²) in [4.78, 5) is 4.35. The Labute approximate surface area is 165 Å². The zero-order chi connectivity index (χ0) is 20.5. The van der Waals surface area contributed by atoms with Gasteiger partial charge in [-0.1, -0.05) is 38.5 Å². The van der Waals surface area contributed by atoms with Gasteiger partial charge in [0.1, 0.15) is 14.1 Å². The second-order valence-corrected chi connectivity index (χ2v) is 8.14. The number of hydrogen-bond donors (Lipinski definition) is 0. The topological polar surface area (TPSA) is 61.2 Å². The number of aromatic nitrogens is 3. The average molecular weight is 377 g/mol. The molecule has 0 saturated heterocycles. The van der Waals surface area contributed by atoms with Crippen molar-refractivity contribution >= 4 is 11.8 Å². The average Bonchev–Trinajstić information content (AvgIpc) is 3.06. The van der Waals surface area contributed by atoms with E-state index in [-0.39, 0.29) is 11.4 Å². The minimum Gasteiger partial charge on any atom is -0.845 e. The zero-order valence-electron chi connectivity index (χ0n) is 17.3. The molecule has 1 aromatic carbocycles. The number of benzene rings is 1. The van der Waals surface area contributed by atoms with Gasteiger partial charge in [0, 0.05) is 36.0 Å². The van der Waals surface area contributed by atoms with Gasteiger partial charge in [-0.25, -0.2) is 14.2 Å². The first-order valence-corrected chi connectivity index (χ1v) is 9.27. The molecule has 0 aliphatic carbocycles. The molecule has 0 amide bonds. The van der Waals surface area contributed by atoms with Crippen LogP contribution in [0, 0.1) is 6.92 Å². The second kappa shape index (κ2) is 7.46. The summed E-state index contributed by atoms with van der Waals surface area (Å²) in [5, 5.41) is 18.5. The molecule has 2 heterocycles.